The number of hydrogen-bond donors (Lipinski definition) is 1. The van der Waals surface area contributed by atoms with Crippen LogP contribution in [0.1, 0.15) is 29.5 Å². The minimum absolute atomic E-state index is 0.162. The van der Waals surface area contributed by atoms with Crippen LogP contribution in [0, 0.1) is 19.8 Å². The molecular weight excluding hydrogens is 348 g/mol. The maximum Gasteiger partial charge on any atom is 0.261 e. The molecule has 1 heterocycles. The number of anilines is 2. The zero-order chi connectivity index (χ0) is 18.5. The molecule has 136 valence electrons. The third-order valence-electron chi connectivity index (χ3n) is 5.30. The highest BCUT2D eigenvalue weighted by Gasteiger charge is 2.36. The molecule has 5 nitrogen and oxygen atoms in total. The summed E-state index contributed by atoms with van der Waals surface area (Å²) in [5, 5.41) is 0. The zero-order valence-corrected chi connectivity index (χ0v) is 15.8. The van der Waals surface area contributed by atoms with Crippen LogP contribution in [0.15, 0.2) is 41.3 Å². The number of benzene rings is 2. The number of aryl methyl sites for hydroxylation is 1. The van der Waals surface area contributed by atoms with Gasteiger partial charge in [0.2, 0.25) is 5.91 Å². The SMILES string of the molecule is Cc1cccc(NS(=O)(=O)c2ccc3c(c2)CCN3C(=O)C2CC2)c1C. The maximum atomic E-state index is 12.8. The van der Waals surface area contributed by atoms with Gasteiger partial charge in [0.1, 0.15) is 0 Å². The van der Waals surface area contributed by atoms with Crippen LogP contribution in [0.4, 0.5) is 11.4 Å². The second kappa shape index (κ2) is 6.13. The van der Waals surface area contributed by atoms with Crippen LogP contribution in [0.3, 0.4) is 0 Å². The lowest BCUT2D eigenvalue weighted by Gasteiger charge is -2.17. The van der Waals surface area contributed by atoms with Crippen molar-refractivity contribution in [2.75, 3.05) is 16.2 Å². The minimum atomic E-state index is -3.67. The highest BCUT2D eigenvalue weighted by atomic mass is 32.2. The standard InChI is InChI=1S/C20H22N2O3S/c1-13-4-3-5-18(14(13)2)21-26(24,25)17-8-9-19-16(12-17)10-11-22(19)20(23)15-6-7-15/h3-5,8-9,12,15,21H,6-7,10-11H2,1-2H3. The van der Waals surface area contributed by atoms with Crippen LogP contribution in [0.25, 0.3) is 0 Å². The van der Waals surface area contributed by atoms with E-state index in [0.29, 0.717) is 18.7 Å². The molecule has 1 N–H and O–H groups in total. The Balaban J connectivity index is 1.62. The van der Waals surface area contributed by atoms with Gasteiger partial charge in [-0.1, -0.05) is 12.1 Å². The smallest absolute Gasteiger partial charge is 0.261 e. The normalized spacial score (nSPS) is 16.5. The summed E-state index contributed by atoms with van der Waals surface area (Å²) in [7, 11) is -3.67. The summed E-state index contributed by atoms with van der Waals surface area (Å²) in [6.45, 7) is 4.49. The highest BCUT2D eigenvalue weighted by molar-refractivity contribution is 7.92. The first-order valence-corrected chi connectivity index (χ1v) is 10.4. The van der Waals surface area contributed by atoms with E-state index in [4.69, 9.17) is 0 Å². The lowest BCUT2D eigenvalue weighted by Crippen LogP contribution is -2.30. The summed E-state index contributed by atoms with van der Waals surface area (Å²) < 4.78 is 28.3. The van der Waals surface area contributed by atoms with Gasteiger partial charge in [-0.25, -0.2) is 8.42 Å². The van der Waals surface area contributed by atoms with Gasteiger partial charge in [-0.05, 0) is 74.1 Å². The quantitative estimate of drug-likeness (QED) is 0.897. The van der Waals surface area contributed by atoms with Crippen LogP contribution in [0.2, 0.25) is 0 Å². The molecule has 0 spiro atoms. The zero-order valence-electron chi connectivity index (χ0n) is 15.0. The van der Waals surface area contributed by atoms with Crippen molar-refractivity contribution in [1.82, 2.24) is 0 Å². The van der Waals surface area contributed by atoms with E-state index >= 15 is 0 Å². The van der Waals surface area contributed by atoms with Gasteiger partial charge in [-0.3, -0.25) is 9.52 Å². The minimum Gasteiger partial charge on any atom is -0.312 e. The predicted octanol–water partition coefficient (Wildman–Crippen LogP) is 3.40. The molecule has 2 aromatic carbocycles. The summed E-state index contributed by atoms with van der Waals surface area (Å²) in [5.41, 5.74) is 4.32. The third-order valence-corrected chi connectivity index (χ3v) is 6.66. The van der Waals surface area contributed by atoms with Crippen molar-refractivity contribution in [2.24, 2.45) is 5.92 Å². The third kappa shape index (κ3) is 2.98. The summed E-state index contributed by atoms with van der Waals surface area (Å²) >= 11 is 0. The number of nitrogens with zero attached hydrogens (tertiary/aromatic N) is 1. The number of rotatable bonds is 4. The van der Waals surface area contributed by atoms with Crippen LogP contribution in [-0.2, 0) is 21.2 Å². The van der Waals surface area contributed by atoms with E-state index in [2.05, 4.69) is 4.72 Å². The van der Waals surface area contributed by atoms with E-state index < -0.39 is 10.0 Å². The molecule has 1 saturated carbocycles. The number of sulfonamides is 1. The number of hydrogen-bond acceptors (Lipinski definition) is 3. The van der Waals surface area contributed by atoms with Gasteiger partial charge in [0.15, 0.2) is 0 Å². The fourth-order valence-corrected chi connectivity index (χ4v) is 4.56. The van der Waals surface area contributed by atoms with Gasteiger partial charge in [-0.15, -0.1) is 0 Å². The Morgan fingerprint density at radius 1 is 1.15 bits per heavy atom. The summed E-state index contributed by atoms with van der Waals surface area (Å²) in [5.74, 6) is 0.336. The second-order valence-electron chi connectivity index (χ2n) is 7.16. The Hall–Kier alpha value is -2.34. The van der Waals surface area contributed by atoms with Crippen molar-refractivity contribution in [3.63, 3.8) is 0 Å². The van der Waals surface area contributed by atoms with Crippen LogP contribution in [0.5, 0.6) is 0 Å². The van der Waals surface area contributed by atoms with Crippen molar-refractivity contribution >= 4 is 27.3 Å². The molecule has 0 unspecified atom stereocenters. The van der Waals surface area contributed by atoms with E-state index in [0.717, 1.165) is 35.2 Å². The summed E-state index contributed by atoms with van der Waals surface area (Å²) in [4.78, 5) is 14.4. The topological polar surface area (TPSA) is 66.5 Å². The molecule has 2 aliphatic rings. The number of amides is 1. The molecular formula is C20H22N2O3S. The Kier molecular flexibility index (Phi) is 4.03. The Morgan fingerprint density at radius 3 is 2.65 bits per heavy atom. The summed E-state index contributed by atoms with van der Waals surface area (Å²) in [6, 6.07) is 10.6. The number of fused-ring (bicyclic) bond motifs is 1. The largest absolute Gasteiger partial charge is 0.312 e. The van der Waals surface area contributed by atoms with Gasteiger partial charge in [0.05, 0.1) is 10.6 Å². The number of carbonyl (C=O) groups is 1. The lowest BCUT2D eigenvalue weighted by molar-refractivity contribution is -0.119. The first kappa shape index (κ1) is 17.1. The van der Waals surface area contributed by atoms with Crippen molar-refractivity contribution in [3.8, 4) is 0 Å². The molecule has 4 rings (SSSR count). The van der Waals surface area contributed by atoms with Gasteiger partial charge in [-0.2, -0.15) is 0 Å². The Labute approximate surface area is 154 Å². The number of nitrogens with one attached hydrogen (secondary N) is 1. The maximum absolute atomic E-state index is 12.8. The van der Waals surface area contributed by atoms with E-state index in [9.17, 15) is 13.2 Å². The Bertz CT molecular complexity index is 994. The van der Waals surface area contributed by atoms with Gasteiger partial charge in [0, 0.05) is 18.2 Å². The molecule has 0 saturated heterocycles. The molecule has 6 heteroatoms. The fourth-order valence-electron chi connectivity index (χ4n) is 3.39. The van der Waals surface area contributed by atoms with E-state index in [1.54, 1.807) is 24.3 Å². The fraction of sp³-hybridized carbons (Fsp3) is 0.350. The van der Waals surface area contributed by atoms with Crippen molar-refractivity contribution in [2.45, 2.75) is 38.0 Å². The van der Waals surface area contributed by atoms with Gasteiger partial charge < -0.3 is 4.90 Å². The molecule has 1 aliphatic heterocycles. The van der Waals surface area contributed by atoms with Crippen molar-refractivity contribution in [3.05, 3.63) is 53.1 Å². The molecule has 0 aromatic heterocycles. The molecule has 0 bridgehead atoms. The average Bonchev–Trinajstić information content (AvgIpc) is 3.37. The molecule has 0 atom stereocenters. The first-order chi connectivity index (χ1) is 12.4. The molecule has 1 aliphatic carbocycles. The molecule has 2 aromatic rings. The van der Waals surface area contributed by atoms with E-state index in [1.165, 1.54) is 0 Å². The molecule has 26 heavy (non-hydrogen) atoms. The molecule has 1 amide bonds. The van der Waals surface area contributed by atoms with Gasteiger partial charge >= 0.3 is 0 Å². The molecule has 1 fully saturated rings. The highest BCUT2D eigenvalue weighted by Crippen LogP contribution is 2.37. The predicted molar refractivity (Wildman–Crippen MR) is 102 cm³/mol. The van der Waals surface area contributed by atoms with Gasteiger partial charge in [0.25, 0.3) is 10.0 Å². The molecule has 0 radical (unpaired) electrons. The second-order valence-corrected chi connectivity index (χ2v) is 8.84. The monoisotopic (exact) mass is 370 g/mol. The van der Waals surface area contributed by atoms with Crippen molar-refractivity contribution < 1.29 is 13.2 Å². The van der Waals surface area contributed by atoms with Crippen LogP contribution >= 0.6 is 0 Å². The first-order valence-electron chi connectivity index (χ1n) is 8.90. The average molecular weight is 370 g/mol. The van der Waals surface area contributed by atoms with Crippen LogP contribution in [-0.4, -0.2) is 20.9 Å². The Morgan fingerprint density at radius 2 is 1.92 bits per heavy atom. The van der Waals surface area contributed by atoms with E-state index in [1.807, 2.05) is 30.9 Å². The number of carbonyl (C=O) groups excluding carboxylic acids is 1. The van der Waals surface area contributed by atoms with Crippen molar-refractivity contribution in [1.29, 1.82) is 0 Å². The lowest BCUT2D eigenvalue weighted by atomic mass is 10.1. The van der Waals surface area contributed by atoms with Crippen LogP contribution < -0.4 is 9.62 Å². The van der Waals surface area contributed by atoms with E-state index in [-0.39, 0.29) is 16.7 Å². The summed E-state index contributed by atoms with van der Waals surface area (Å²) in [6.07, 6.45) is 2.63.